The van der Waals surface area contributed by atoms with Crippen LogP contribution in [0.1, 0.15) is 37.8 Å². The Balaban J connectivity index is 1.91. The van der Waals surface area contributed by atoms with Gasteiger partial charge in [0.15, 0.2) is 0 Å². The average molecular weight is 317 g/mol. The van der Waals surface area contributed by atoms with E-state index in [2.05, 4.69) is 31.4 Å². The lowest BCUT2D eigenvalue weighted by molar-refractivity contribution is -0.118. The van der Waals surface area contributed by atoms with Gasteiger partial charge in [-0.2, -0.15) is 0 Å². The van der Waals surface area contributed by atoms with Crippen LogP contribution in [0.2, 0.25) is 0 Å². The average Bonchev–Trinajstić information content (AvgIpc) is 2.83. The standard InChI is InChI=1S/C18H27N3O2/c1-12(2)7-9-19-18(23)20-16-8-10-21(17(16)22)15-6-5-13(3)14(4)11-15/h5-6,11-12,16H,7-10H2,1-4H3,(H2,19,20,23). The molecule has 1 fully saturated rings. The number of amides is 3. The molecule has 0 radical (unpaired) electrons. The molecule has 0 saturated carbocycles. The molecule has 0 spiro atoms. The molecule has 1 aliphatic heterocycles. The maximum absolute atomic E-state index is 12.5. The van der Waals surface area contributed by atoms with Gasteiger partial charge in [0, 0.05) is 18.8 Å². The second-order valence-corrected chi connectivity index (χ2v) is 6.68. The molecule has 1 aromatic carbocycles. The lowest BCUT2D eigenvalue weighted by Gasteiger charge is -2.18. The van der Waals surface area contributed by atoms with Gasteiger partial charge < -0.3 is 15.5 Å². The van der Waals surface area contributed by atoms with Crippen LogP contribution in [-0.4, -0.2) is 31.1 Å². The zero-order valence-corrected chi connectivity index (χ0v) is 14.5. The molecule has 1 atom stereocenters. The number of urea groups is 1. The van der Waals surface area contributed by atoms with Crippen molar-refractivity contribution in [3.63, 3.8) is 0 Å². The van der Waals surface area contributed by atoms with Crippen LogP contribution in [0.25, 0.3) is 0 Å². The van der Waals surface area contributed by atoms with Crippen LogP contribution in [0.3, 0.4) is 0 Å². The van der Waals surface area contributed by atoms with Crippen molar-refractivity contribution in [2.24, 2.45) is 5.92 Å². The Morgan fingerprint density at radius 2 is 2.04 bits per heavy atom. The third-order valence-electron chi connectivity index (χ3n) is 4.32. The van der Waals surface area contributed by atoms with Crippen LogP contribution >= 0.6 is 0 Å². The van der Waals surface area contributed by atoms with E-state index in [1.165, 1.54) is 5.56 Å². The first-order valence-electron chi connectivity index (χ1n) is 8.31. The van der Waals surface area contributed by atoms with E-state index in [0.29, 0.717) is 25.4 Å². The van der Waals surface area contributed by atoms with Crippen LogP contribution in [-0.2, 0) is 4.79 Å². The molecule has 0 aliphatic carbocycles. The van der Waals surface area contributed by atoms with Crippen LogP contribution in [0.5, 0.6) is 0 Å². The molecular weight excluding hydrogens is 290 g/mol. The molecule has 2 N–H and O–H groups in total. The van der Waals surface area contributed by atoms with Crippen LogP contribution in [0.4, 0.5) is 10.5 Å². The lowest BCUT2D eigenvalue weighted by Crippen LogP contribution is -2.46. The highest BCUT2D eigenvalue weighted by Gasteiger charge is 2.33. The van der Waals surface area contributed by atoms with Crippen molar-refractivity contribution in [2.45, 2.75) is 46.6 Å². The normalized spacial score (nSPS) is 17.7. The molecule has 0 aromatic heterocycles. The molecule has 1 aromatic rings. The summed E-state index contributed by atoms with van der Waals surface area (Å²) >= 11 is 0. The van der Waals surface area contributed by atoms with Gasteiger partial charge in [-0.05, 0) is 55.9 Å². The molecule has 3 amide bonds. The number of aryl methyl sites for hydroxylation is 2. The summed E-state index contributed by atoms with van der Waals surface area (Å²) < 4.78 is 0. The van der Waals surface area contributed by atoms with Gasteiger partial charge in [0.25, 0.3) is 0 Å². The third kappa shape index (κ3) is 4.47. The van der Waals surface area contributed by atoms with Gasteiger partial charge in [-0.3, -0.25) is 4.79 Å². The summed E-state index contributed by atoms with van der Waals surface area (Å²) in [5.41, 5.74) is 3.28. The van der Waals surface area contributed by atoms with Crippen molar-refractivity contribution in [3.8, 4) is 0 Å². The van der Waals surface area contributed by atoms with Crippen molar-refractivity contribution >= 4 is 17.6 Å². The van der Waals surface area contributed by atoms with E-state index in [4.69, 9.17) is 0 Å². The van der Waals surface area contributed by atoms with Crippen LogP contribution < -0.4 is 15.5 Å². The highest BCUT2D eigenvalue weighted by Crippen LogP contribution is 2.24. The molecular formula is C18H27N3O2. The number of hydrogen-bond acceptors (Lipinski definition) is 2. The predicted molar refractivity (Wildman–Crippen MR) is 92.7 cm³/mol. The fourth-order valence-corrected chi connectivity index (χ4v) is 2.65. The summed E-state index contributed by atoms with van der Waals surface area (Å²) in [4.78, 5) is 26.1. The second-order valence-electron chi connectivity index (χ2n) is 6.68. The topological polar surface area (TPSA) is 61.4 Å². The summed E-state index contributed by atoms with van der Waals surface area (Å²) in [7, 11) is 0. The van der Waals surface area contributed by atoms with Gasteiger partial charge >= 0.3 is 6.03 Å². The van der Waals surface area contributed by atoms with Crippen LogP contribution in [0, 0.1) is 19.8 Å². The van der Waals surface area contributed by atoms with E-state index in [1.807, 2.05) is 25.1 Å². The molecule has 1 aliphatic rings. The van der Waals surface area contributed by atoms with E-state index >= 15 is 0 Å². The van der Waals surface area contributed by atoms with Gasteiger partial charge in [-0.1, -0.05) is 19.9 Å². The first kappa shape index (κ1) is 17.3. The largest absolute Gasteiger partial charge is 0.338 e. The SMILES string of the molecule is Cc1ccc(N2CCC(NC(=O)NCCC(C)C)C2=O)cc1C. The van der Waals surface area contributed by atoms with Crippen molar-refractivity contribution in [1.82, 2.24) is 10.6 Å². The Labute approximate surface area is 138 Å². The molecule has 1 saturated heterocycles. The number of rotatable bonds is 5. The summed E-state index contributed by atoms with van der Waals surface area (Å²) in [5, 5.41) is 5.60. The molecule has 1 heterocycles. The molecule has 23 heavy (non-hydrogen) atoms. The smallest absolute Gasteiger partial charge is 0.315 e. The zero-order valence-electron chi connectivity index (χ0n) is 14.5. The number of carbonyl (C=O) groups excluding carboxylic acids is 2. The number of nitrogens with one attached hydrogen (secondary N) is 2. The van der Waals surface area contributed by atoms with Gasteiger partial charge in [0.05, 0.1) is 0 Å². The monoisotopic (exact) mass is 317 g/mol. The summed E-state index contributed by atoms with van der Waals surface area (Å²) in [6.45, 7) is 9.58. The highest BCUT2D eigenvalue weighted by atomic mass is 16.2. The number of benzene rings is 1. The minimum Gasteiger partial charge on any atom is -0.338 e. The summed E-state index contributed by atoms with van der Waals surface area (Å²) in [6, 6.07) is 5.32. The van der Waals surface area contributed by atoms with Crippen LogP contribution in [0.15, 0.2) is 18.2 Å². The Bertz CT molecular complexity index is 584. The lowest BCUT2D eigenvalue weighted by atomic mass is 10.1. The van der Waals surface area contributed by atoms with E-state index in [9.17, 15) is 9.59 Å². The summed E-state index contributed by atoms with van der Waals surface area (Å²) in [6.07, 6.45) is 1.57. The molecule has 2 rings (SSSR count). The molecule has 5 heteroatoms. The predicted octanol–water partition coefficient (Wildman–Crippen LogP) is 2.75. The quantitative estimate of drug-likeness (QED) is 0.877. The second kappa shape index (κ2) is 7.49. The van der Waals surface area contributed by atoms with Gasteiger partial charge in [-0.25, -0.2) is 4.79 Å². The third-order valence-corrected chi connectivity index (χ3v) is 4.32. The van der Waals surface area contributed by atoms with Gasteiger partial charge in [-0.15, -0.1) is 0 Å². The van der Waals surface area contributed by atoms with Crippen molar-refractivity contribution < 1.29 is 9.59 Å². The highest BCUT2D eigenvalue weighted by molar-refractivity contribution is 6.01. The Morgan fingerprint density at radius 1 is 1.30 bits per heavy atom. The number of nitrogens with zero attached hydrogens (tertiary/aromatic N) is 1. The van der Waals surface area contributed by atoms with Gasteiger partial charge in [0.1, 0.15) is 6.04 Å². The Kier molecular flexibility index (Phi) is 5.64. The van der Waals surface area contributed by atoms with E-state index < -0.39 is 6.04 Å². The van der Waals surface area contributed by atoms with Crippen molar-refractivity contribution in [3.05, 3.63) is 29.3 Å². The molecule has 1 unspecified atom stereocenters. The van der Waals surface area contributed by atoms with Gasteiger partial charge in [0.2, 0.25) is 5.91 Å². The Morgan fingerprint density at radius 3 is 2.70 bits per heavy atom. The molecule has 126 valence electrons. The fourth-order valence-electron chi connectivity index (χ4n) is 2.65. The van der Waals surface area contributed by atoms with E-state index in [0.717, 1.165) is 17.7 Å². The minimum absolute atomic E-state index is 0.0349. The number of hydrogen-bond donors (Lipinski definition) is 2. The molecule has 0 bridgehead atoms. The summed E-state index contributed by atoms with van der Waals surface area (Å²) in [5.74, 6) is 0.510. The van der Waals surface area contributed by atoms with Crippen molar-refractivity contribution in [2.75, 3.05) is 18.0 Å². The van der Waals surface area contributed by atoms with E-state index in [1.54, 1.807) is 4.90 Å². The maximum atomic E-state index is 12.5. The minimum atomic E-state index is -0.435. The van der Waals surface area contributed by atoms with Crippen molar-refractivity contribution in [1.29, 1.82) is 0 Å². The Hall–Kier alpha value is -2.04. The fraction of sp³-hybridized carbons (Fsp3) is 0.556. The zero-order chi connectivity index (χ0) is 17.0. The van der Waals surface area contributed by atoms with E-state index in [-0.39, 0.29) is 11.9 Å². The maximum Gasteiger partial charge on any atom is 0.315 e. The molecule has 5 nitrogen and oxygen atoms in total. The first-order chi connectivity index (χ1) is 10.9. The first-order valence-corrected chi connectivity index (χ1v) is 8.31. The number of carbonyl (C=O) groups is 2. The number of anilines is 1.